The SMILES string of the molecule is O=C(c1ccc(OC(F)(F)F)cc1)N1CCC(c2ccnc3[nH]c([C@H]4CNC[C@@H]4c4ccccc4)nc23)CC1. The number of H-pyrrole nitrogens is 1. The number of likely N-dealkylation sites (tertiary alicyclic amines) is 1. The molecule has 2 aromatic carbocycles. The van der Waals surface area contributed by atoms with Gasteiger partial charge in [0.15, 0.2) is 5.65 Å². The van der Waals surface area contributed by atoms with E-state index in [9.17, 15) is 18.0 Å². The molecule has 2 fully saturated rings. The van der Waals surface area contributed by atoms with Crippen LogP contribution in [0.1, 0.15) is 57.9 Å². The lowest BCUT2D eigenvalue weighted by atomic mass is 9.88. The molecule has 10 heteroatoms. The van der Waals surface area contributed by atoms with Crippen molar-refractivity contribution in [3.63, 3.8) is 0 Å². The molecule has 0 unspecified atom stereocenters. The van der Waals surface area contributed by atoms with Crippen molar-refractivity contribution in [1.82, 2.24) is 25.2 Å². The van der Waals surface area contributed by atoms with Crippen LogP contribution in [0.25, 0.3) is 11.2 Å². The minimum Gasteiger partial charge on any atom is -0.406 e. The molecule has 2 aliphatic heterocycles. The van der Waals surface area contributed by atoms with Gasteiger partial charge in [-0.2, -0.15) is 0 Å². The van der Waals surface area contributed by atoms with E-state index in [1.54, 1.807) is 4.90 Å². The number of amides is 1. The topological polar surface area (TPSA) is 83.1 Å². The van der Waals surface area contributed by atoms with Crippen LogP contribution in [0.3, 0.4) is 0 Å². The zero-order valence-corrected chi connectivity index (χ0v) is 21.1. The Morgan fingerprint density at radius 1 is 0.949 bits per heavy atom. The first kappa shape index (κ1) is 25.4. The second-order valence-corrected chi connectivity index (χ2v) is 10.1. The number of ether oxygens (including phenoxy) is 1. The van der Waals surface area contributed by atoms with Gasteiger partial charge in [-0.1, -0.05) is 30.3 Å². The van der Waals surface area contributed by atoms with Gasteiger partial charge in [0.2, 0.25) is 0 Å². The lowest BCUT2D eigenvalue weighted by Gasteiger charge is -2.32. The van der Waals surface area contributed by atoms with Crippen LogP contribution in [0, 0.1) is 0 Å². The van der Waals surface area contributed by atoms with E-state index in [-0.39, 0.29) is 23.5 Å². The first-order valence-corrected chi connectivity index (χ1v) is 13.1. The smallest absolute Gasteiger partial charge is 0.406 e. The lowest BCUT2D eigenvalue weighted by molar-refractivity contribution is -0.274. The van der Waals surface area contributed by atoms with Crippen molar-refractivity contribution in [3.05, 3.63) is 89.4 Å². The lowest BCUT2D eigenvalue weighted by Crippen LogP contribution is -2.38. The summed E-state index contributed by atoms with van der Waals surface area (Å²) in [6.07, 6.45) is -1.43. The molecule has 6 rings (SSSR count). The number of carbonyl (C=O) groups is 1. The summed E-state index contributed by atoms with van der Waals surface area (Å²) in [7, 11) is 0. The molecule has 1 amide bonds. The number of imidazole rings is 1. The zero-order valence-electron chi connectivity index (χ0n) is 21.1. The predicted molar refractivity (Wildman–Crippen MR) is 140 cm³/mol. The molecule has 2 saturated heterocycles. The monoisotopic (exact) mass is 535 g/mol. The van der Waals surface area contributed by atoms with Crippen LogP contribution in [-0.2, 0) is 0 Å². The molecule has 0 aliphatic carbocycles. The highest BCUT2D eigenvalue weighted by Gasteiger charge is 2.34. The average molecular weight is 536 g/mol. The van der Waals surface area contributed by atoms with E-state index < -0.39 is 6.36 Å². The van der Waals surface area contributed by atoms with Crippen molar-refractivity contribution in [1.29, 1.82) is 0 Å². The van der Waals surface area contributed by atoms with Gasteiger partial charge in [0.25, 0.3) is 5.91 Å². The van der Waals surface area contributed by atoms with E-state index in [4.69, 9.17) is 4.98 Å². The van der Waals surface area contributed by atoms with Crippen molar-refractivity contribution in [2.75, 3.05) is 26.2 Å². The molecule has 0 spiro atoms. The molecule has 4 aromatic rings. The highest BCUT2D eigenvalue weighted by Crippen LogP contribution is 2.37. The minimum absolute atomic E-state index is 0.199. The fraction of sp³-hybridized carbons (Fsp3) is 0.345. The number of aromatic amines is 1. The van der Waals surface area contributed by atoms with E-state index in [1.165, 1.54) is 29.8 Å². The van der Waals surface area contributed by atoms with Crippen LogP contribution in [0.2, 0.25) is 0 Å². The molecular weight excluding hydrogens is 507 g/mol. The molecule has 39 heavy (non-hydrogen) atoms. The van der Waals surface area contributed by atoms with Gasteiger partial charge < -0.3 is 19.9 Å². The van der Waals surface area contributed by atoms with Gasteiger partial charge in [-0.3, -0.25) is 4.79 Å². The van der Waals surface area contributed by atoms with Crippen molar-refractivity contribution in [2.45, 2.75) is 37.0 Å². The number of benzene rings is 2. The standard InChI is InChI=1S/C29H28F3N5O2/c30-29(31,32)39-21-8-6-20(7-9-21)28(38)37-14-11-19(12-15-37)22-10-13-34-27-25(22)35-26(36-27)24-17-33-16-23(24)18-4-2-1-3-5-18/h1-10,13,19,23-24,33H,11-12,14-17H2,(H,34,35,36)/t23-,24+/m1/s1. The largest absolute Gasteiger partial charge is 0.573 e. The zero-order chi connectivity index (χ0) is 27.0. The molecule has 0 radical (unpaired) electrons. The van der Waals surface area contributed by atoms with Crippen molar-refractivity contribution >= 4 is 17.1 Å². The van der Waals surface area contributed by atoms with E-state index in [1.807, 2.05) is 18.3 Å². The summed E-state index contributed by atoms with van der Waals surface area (Å²) in [5, 5.41) is 3.51. The Morgan fingerprint density at radius 2 is 1.67 bits per heavy atom. The summed E-state index contributed by atoms with van der Waals surface area (Å²) >= 11 is 0. The summed E-state index contributed by atoms with van der Waals surface area (Å²) in [5.74, 6) is 1.18. The Labute approximate surface area is 223 Å². The number of aromatic nitrogens is 3. The quantitative estimate of drug-likeness (QED) is 0.360. The third kappa shape index (κ3) is 5.34. The number of hydrogen-bond donors (Lipinski definition) is 2. The van der Waals surface area contributed by atoms with Gasteiger partial charge in [0, 0.05) is 49.8 Å². The Hall–Kier alpha value is -3.92. The van der Waals surface area contributed by atoms with Crippen LogP contribution in [0.15, 0.2) is 66.9 Å². The second-order valence-electron chi connectivity index (χ2n) is 10.1. The van der Waals surface area contributed by atoms with Gasteiger partial charge in [0.05, 0.1) is 0 Å². The van der Waals surface area contributed by atoms with Crippen molar-refractivity contribution in [3.8, 4) is 5.75 Å². The number of rotatable bonds is 5. The summed E-state index contributed by atoms with van der Waals surface area (Å²) < 4.78 is 41.2. The number of halogens is 3. The summed E-state index contributed by atoms with van der Waals surface area (Å²) in [6, 6.07) is 17.6. The summed E-state index contributed by atoms with van der Waals surface area (Å²) in [4.78, 5) is 27.8. The number of nitrogens with zero attached hydrogens (tertiary/aromatic N) is 3. The van der Waals surface area contributed by atoms with Crippen LogP contribution in [0.4, 0.5) is 13.2 Å². The summed E-state index contributed by atoms with van der Waals surface area (Å²) in [6.45, 7) is 2.84. The van der Waals surface area contributed by atoms with Crippen LogP contribution in [-0.4, -0.2) is 58.3 Å². The van der Waals surface area contributed by atoms with Gasteiger partial charge in [-0.25, -0.2) is 9.97 Å². The molecule has 202 valence electrons. The van der Waals surface area contributed by atoms with Gasteiger partial charge in [-0.05, 0) is 60.2 Å². The molecule has 0 saturated carbocycles. The highest BCUT2D eigenvalue weighted by molar-refractivity contribution is 5.94. The Kier molecular flexibility index (Phi) is 6.72. The van der Waals surface area contributed by atoms with Crippen molar-refractivity contribution < 1.29 is 22.7 Å². The number of piperidine rings is 1. The van der Waals surface area contributed by atoms with Gasteiger partial charge in [-0.15, -0.1) is 13.2 Å². The van der Waals surface area contributed by atoms with E-state index in [0.29, 0.717) is 24.6 Å². The maximum Gasteiger partial charge on any atom is 0.573 e. The Balaban J connectivity index is 1.15. The second kappa shape index (κ2) is 10.3. The molecule has 7 nitrogen and oxygen atoms in total. The number of fused-ring (bicyclic) bond motifs is 1. The average Bonchev–Trinajstić information content (AvgIpc) is 3.60. The first-order valence-electron chi connectivity index (χ1n) is 13.1. The summed E-state index contributed by atoms with van der Waals surface area (Å²) in [5.41, 5.74) is 4.42. The predicted octanol–water partition coefficient (Wildman–Crippen LogP) is 5.35. The van der Waals surface area contributed by atoms with Crippen LogP contribution >= 0.6 is 0 Å². The maximum absolute atomic E-state index is 13.0. The number of carbonyl (C=O) groups excluding carboxylic acids is 1. The third-order valence-corrected chi connectivity index (χ3v) is 7.78. The molecule has 2 atom stereocenters. The first-order chi connectivity index (χ1) is 18.9. The van der Waals surface area contributed by atoms with Crippen LogP contribution < -0.4 is 10.1 Å². The van der Waals surface area contributed by atoms with Gasteiger partial charge >= 0.3 is 6.36 Å². The Morgan fingerprint density at radius 3 is 2.38 bits per heavy atom. The molecule has 2 N–H and O–H groups in total. The minimum atomic E-state index is -4.77. The molecule has 2 aliphatic rings. The normalized spacial score (nSPS) is 20.4. The number of hydrogen-bond acceptors (Lipinski definition) is 5. The molecule has 4 heterocycles. The fourth-order valence-electron chi connectivity index (χ4n) is 5.84. The molecule has 2 aromatic heterocycles. The fourth-order valence-corrected chi connectivity index (χ4v) is 5.84. The van der Waals surface area contributed by atoms with E-state index >= 15 is 0 Å². The van der Waals surface area contributed by atoms with Crippen LogP contribution in [0.5, 0.6) is 5.75 Å². The van der Waals surface area contributed by atoms with E-state index in [2.05, 4.69) is 44.3 Å². The number of pyridine rings is 1. The van der Waals surface area contributed by atoms with Crippen molar-refractivity contribution in [2.24, 2.45) is 0 Å². The molecular formula is C29H28F3N5O2. The Bertz CT molecular complexity index is 1450. The number of nitrogens with one attached hydrogen (secondary N) is 2. The highest BCUT2D eigenvalue weighted by atomic mass is 19.4. The third-order valence-electron chi connectivity index (χ3n) is 7.78. The number of alkyl halides is 3. The van der Waals surface area contributed by atoms with E-state index in [0.717, 1.165) is 48.5 Å². The maximum atomic E-state index is 13.0. The van der Waals surface area contributed by atoms with Gasteiger partial charge in [0.1, 0.15) is 17.1 Å². The molecule has 0 bridgehead atoms.